The summed E-state index contributed by atoms with van der Waals surface area (Å²) in [6.07, 6.45) is 6.76. The monoisotopic (exact) mass is 412 g/mol. The van der Waals surface area contributed by atoms with Crippen LogP contribution in [0.2, 0.25) is 0 Å². The Hall–Kier alpha value is -3.13. The molecule has 0 bridgehead atoms. The summed E-state index contributed by atoms with van der Waals surface area (Å²) in [5, 5.41) is 0. The lowest BCUT2D eigenvalue weighted by Gasteiger charge is -2.29. The number of rotatable bonds is 8. The standard InChI is InChI=1S/C22H28N4O4/c1-30-14-8-13-25(21(28)17-11-6-3-7-12-17)18-19(23)26(22(29)24-20(18)27)15-16-9-4-2-5-10-16/h2-6,9-10,17H,7-8,11-15,23H2,1H3,(H,24,27,29). The van der Waals surface area contributed by atoms with Crippen molar-refractivity contribution in [2.24, 2.45) is 5.92 Å². The number of ether oxygens (including phenoxy) is 1. The van der Waals surface area contributed by atoms with E-state index in [1.165, 1.54) is 9.47 Å². The van der Waals surface area contributed by atoms with Crippen LogP contribution >= 0.6 is 0 Å². The van der Waals surface area contributed by atoms with E-state index in [0.29, 0.717) is 19.4 Å². The van der Waals surface area contributed by atoms with Crippen molar-refractivity contribution >= 4 is 17.4 Å². The molecular weight excluding hydrogens is 384 g/mol. The number of carbonyl (C=O) groups is 1. The molecule has 1 unspecified atom stereocenters. The maximum atomic E-state index is 13.3. The molecule has 1 heterocycles. The largest absolute Gasteiger partial charge is 0.385 e. The Bertz CT molecular complexity index is 1010. The van der Waals surface area contributed by atoms with E-state index in [-0.39, 0.29) is 36.4 Å². The van der Waals surface area contributed by atoms with E-state index in [2.05, 4.69) is 11.1 Å². The van der Waals surface area contributed by atoms with Crippen LogP contribution in [0, 0.1) is 5.92 Å². The molecule has 1 aromatic carbocycles. The third-order valence-electron chi connectivity index (χ3n) is 5.28. The fourth-order valence-corrected chi connectivity index (χ4v) is 3.70. The first kappa shape index (κ1) is 21.6. The molecular formula is C22H28N4O4. The Kier molecular flexibility index (Phi) is 7.24. The number of nitrogens with zero attached hydrogens (tertiary/aromatic N) is 2. The molecule has 8 heteroatoms. The number of aromatic amines is 1. The number of allylic oxidation sites excluding steroid dienone is 2. The van der Waals surface area contributed by atoms with E-state index in [4.69, 9.17) is 10.5 Å². The van der Waals surface area contributed by atoms with Crippen LogP contribution in [0.4, 0.5) is 11.5 Å². The second kappa shape index (κ2) is 10.1. The Morgan fingerprint density at radius 3 is 2.70 bits per heavy atom. The summed E-state index contributed by atoms with van der Waals surface area (Å²) >= 11 is 0. The number of hydrogen-bond donors (Lipinski definition) is 2. The zero-order valence-electron chi connectivity index (χ0n) is 17.2. The minimum absolute atomic E-state index is 0.00952. The van der Waals surface area contributed by atoms with Crippen LogP contribution in [0.5, 0.6) is 0 Å². The number of hydrogen-bond acceptors (Lipinski definition) is 5. The highest BCUT2D eigenvalue weighted by Gasteiger charge is 2.29. The molecule has 0 saturated heterocycles. The number of nitrogen functional groups attached to an aromatic ring is 1. The highest BCUT2D eigenvalue weighted by atomic mass is 16.5. The predicted molar refractivity (Wildman–Crippen MR) is 117 cm³/mol. The van der Waals surface area contributed by atoms with Crippen molar-refractivity contribution in [1.82, 2.24) is 9.55 Å². The van der Waals surface area contributed by atoms with E-state index in [1.807, 2.05) is 36.4 Å². The van der Waals surface area contributed by atoms with Gasteiger partial charge in [0.05, 0.1) is 6.54 Å². The van der Waals surface area contributed by atoms with Crippen molar-refractivity contribution in [2.45, 2.75) is 32.2 Å². The molecule has 0 radical (unpaired) electrons. The second-order valence-corrected chi connectivity index (χ2v) is 7.38. The molecule has 3 rings (SSSR count). The molecule has 160 valence electrons. The highest BCUT2D eigenvalue weighted by Crippen LogP contribution is 2.25. The van der Waals surface area contributed by atoms with Crippen LogP contribution in [0.15, 0.2) is 52.1 Å². The molecule has 8 nitrogen and oxygen atoms in total. The Morgan fingerprint density at radius 2 is 2.03 bits per heavy atom. The third kappa shape index (κ3) is 4.88. The smallest absolute Gasteiger partial charge is 0.330 e. The normalized spacial score (nSPS) is 15.8. The van der Waals surface area contributed by atoms with Gasteiger partial charge in [-0.2, -0.15) is 0 Å². The summed E-state index contributed by atoms with van der Waals surface area (Å²) in [6, 6.07) is 9.34. The van der Waals surface area contributed by atoms with E-state index in [0.717, 1.165) is 18.4 Å². The van der Waals surface area contributed by atoms with Crippen molar-refractivity contribution in [2.75, 3.05) is 30.9 Å². The number of nitrogens with two attached hydrogens (primary N) is 1. The maximum Gasteiger partial charge on any atom is 0.330 e. The zero-order valence-corrected chi connectivity index (χ0v) is 17.2. The van der Waals surface area contributed by atoms with Gasteiger partial charge in [0.1, 0.15) is 5.82 Å². The summed E-state index contributed by atoms with van der Waals surface area (Å²) in [5.41, 5.74) is 5.94. The zero-order chi connectivity index (χ0) is 21.5. The van der Waals surface area contributed by atoms with Crippen LogP contribution in [0.25, 0.3) is 0 Å². The van der Waals surface area contributed by atoms with Crippen LogP contribution in [0.1, 0.15) is 31.2 Å². The number of methoxy groups -OCH3 is 1. The van der Waals surface area contributed by atoms with E-state index >= 15 is 0 Å². The fourth-order valence-electron chi connectivity index (χ4n) is 3.70. The molecule has 0 spiro atoms. The van der Waals surface area contributed by atoms with Gasteiger partial charge in [-0.25, -0.2) is 4.79 Å². The first-order chi connectivity index (χ1) is 14.5. The topological polar surface area (TPSA) is 110 Å². The van der Waals surface area contributed by atoms with Gasteiger partial charge in [0.2, 0.25) is 5.91 Å². The molecule has 0 saturated carbocycles. The molecule has 30 heavy (non-hydrogen) atoms. The summed E-state index contributed by atoms with van der Waals surface area (Å²) in [7, 11) is 1.58. The van der Waals surface area contributed by atoms with Crippen molar-refractivity contribution in [3.8, 4) is 0 Å². The molecule has 3 N–H and O–H groups in total. The van der Waals surface area contributed by atoms with Crippen LogP contribution in [-0.4, -0.2) is 35.7 Å². The Labute approximate surface area is 175 Å². The second-order valence-electron chi connectivity index (χ2n) is 7.38. The van der Waals surface area contributed by atoms with Gasteiger partial charge in [-0.1, -0.05) is 42.5 Å². The molecule has 0 aliphatic heterocycles. The van der Waals surface area contributed by atoms with Crippen molar-refractivity contribution in [1.29, 1.82) is 0 Å². The van der Waals surface area contributed by atoms with Crippen molar-refractivity contribution < 1.29 is 9.53 Å². The van der Waals surface area contributed by atoms with Gasteiger partial charge in [-0.15, -0.1) is 0 Å². The molecule has 1 amide bonds. The quantitative estimate of drug-likeness (QED) is 0.508. The maximum absolute atomic E-state index is 13.3. The van der Waals surface area contributed by atoms with Crippen molar-refractivity contribution in [3.05, 3.63) is 68.9 Å². The van der Waals surface area contributed by atoms with Gasteiger partial charge in [-0.3, -0.25) is 19.1 Å². The van der Waals surface area contributed by atoms with Crippen LogP contribution in [-0.2, 0) is 16.1 Å². The molecule has 1 aromatic heterocycles. The van der Waals surface area contributed by atoms with Gasteiger partial charge in [0.15, 0.2) is 5.69 Å². The van der Waals surface area contributed by atoms with Gasteiger partial charge in [-0.05, 0) is 31.2 Å². The average molecular weight is 412 g/mol. The minimum Gasteiger partial charge on any atom is -0.385 e. The molecule has 1 aliphatic carbocycles. The summed E-state index contributed by atoms with van der Waals surface area (Å²) < 4.78 is 6.41. The fraction of sp³-hybridized carbons (Fsp3) is 0.409. The minimum atomic E-state index is -0.654. The predicted octanol–water partition coefficient (Wildman–Crippen LogP) is 1.89. The highest BCUT2D eigenvalue weighted by molar-refractivity contribution is 5.97. The van der Waals surface area contributed by atoms with E-state index < -0.39 is 11.2 Å². The lowest BCUT2D eigenvalue weighted by atomic mass is 9.93. The summed E-state index contributed by atoms with van der Waals surface area (Å²) in [5.74, 6) is -0.381. The number of amides is 1. The lowest BCUT2D eigenvalue weighted by Crippen LogP contribution is -2.44. The van der Waals surface area contributed by atoms with Crippen molar-refractivity contribution in [3.63, 3.8) is 0 Å². The van der Waals surface area contributed by atoms with E-state index in [9.17, 15) is 14.4 Å². The van der Waals surface area contributed by atoms with Crippen LogP contribution < -0.4 is 21.9 Å². The number of anilines is 2. The average Bonchev–Trinajstić information content (AvgIpc) is 2.76. The molecule has 2 aromatic rings. The molecule has 0 fully saturated rings. The first-order valence-corrected chi connectivity index (χ1v) is 10.1. The number of aromatic nitrogens is 2. The van der Waals surface area contributed by atoms with Gasteiger partial charge < -0.3 is 15.4 Å². The van der Waals surface area contributed by atoms with E-state index in [1.54, 1.807) is 7.11 Å². The number of nitrogens with one attached hydrogen (secondary N) is 1. The SMILES string of the molecule is COCCCN(C(=O)C1CC=CCC1)c1c(N)n(Cc2ccccc2)c(=O)[nH]c1=O. The van der Waals surface area contributed by atoms with Crippen LogP contribution in [0.3, 0.4) is 0 Å². The Balaban J connectivity index is 2.01. The number of H-pyrrole nitrogens is 1. The lowest BCUT2D eigenvalue weighted by molar-refractivity contribution is -0.122. The molecule has 1 aliphatic rings. The van der Waals surface area contributed by atoms with Gasteiger partial charge in [0.25, 0.3) is 5.56 Å². The summed E-state index contributed by atoms with van der Waals surface area (Å²) in [4.78, 5) is 42.3. The number of carbonyl (C=O) groups excluding carboxylic acids is 1. The number of benzene rings is 1. The molecule has 1 atom stereocenters. The van der Waals surface area contributed by atoms with Gasteiger partial charge >= 0.3 is 5.69 Å². The third-order valence-corrected chi connectivity index (χ3v) is 5.28. The first-order valence-electron chi connectivity index (χ1n) is 10.1. The Morgan fingerprint density at radius 1 is 1.27 bits per heavy atom. The summed E-state index contributed by atoms with van der Waals surface area (Å²) in [6.45, 7) is 0.918. The van der Waals surface area contributed by atoms with Gasteiger partial charge in [0, 0.05) is 26.2 Å².